The van der Waals surface area contributed by atoms with Crippen LogP contribution in [-0.2, 0) is 18.3 Å². The fraction of sp³-hybridized carbons (Fsp3) is 0.235. The van der Waals surface area contributed by atoms with Gasteiger partial charge in [-0.05, 0) is 18.1 Å². The van der Waals surface area contributed by atoms with Crippen molar-refractivity contribution in [2.75, 3.05) is 0 Å². The Labute approximate surface area is 151 Å². The zero-order chi connectivity index (χ0) is 17.9. The monoisotopic (exact) mass is 381 g/mol. The average Bonchev–Trinajstić information content (AvgIpc) is 3.08. The number of aromatic nitrogens is 3. The van der Waals surface area contributed by atoms with Crippen LogP contribution in [-0.4, -0.2) is 15.0 Å². The van der Waals surface area contributed by atoms with Gasteiger partial charge in [-0.25, -0.2) is 15.0 Å². The molecule has 0 aliphatic heterocycles. The lowest BCUT2D eigenvalue weighted by Gasteiger charge is -2.06. The van der Waals surface area contributed by atoms with Crippen molar-refractivity contribution >= 4 is 23.1 Å². The number of halogens is 3. The van der Waals surface area contributed by atoms with Crippen LogP contribution in [0.2, 0.25) is 0 Å². The molecule has 0 saturated carbocycles. The van der Waals surface area contributed by atoms with E-state index in [1.165, 1.54) is 16.9 Å². The number of aryl methyl sites for hydroxylation is 1. The molecule has 0 spiro atoms. The number of hydrogen-bond donors (Lipinski definition) is 0. The van der Waals surface area contributed by atoms with Crippen molar-refractivity contribution in [2.24, 2.45) is 0 Å². The summed E-state index contributed by atoms with van der Waals surface area (Å²) in [7, 11) is 0. The fourth-order valence-electron chi connectivity index (χ4n) is 2.10. The van der Waals surface area contributed by atoms with Gasteiger partial charge in [0.25, 0.3) is 0 Å². The number of thioether (sulfide) groups is 1. The van der Waals surface area contributed by atoms with Gasteiger partial charge >= 0.3 is 6.18 Å². The number of hydrogen-bond acceptors (Lipinski definition) is 5. The molecule has 3 nitrogen and oxygen atoms in total. The maximum Gasteiger partial charge on any atom is 0.433 e. The second kappa shape index (κ2) is 7.53. The van der Waals surface area contributed by atoms with E-state index in [1.54, 1.807) is 0 Å². The van der Waals surface area contributed by atoms with Crippen molar-refractivity contribution < 1.29 is 13.2 Å². The van der Waals surface area contributed by atoms with Gasteiger partial charge in [-0.15, -0.1) is 11.3 Å². The fourth-order valence-corrected chi connectivity index (χ4v) is 3.75. The van der Waals surface area contributed by atoms with E-state index in [0.717, 1.165) is 46.7 Å². The minimum Gasteiger partial charge on any atom is -0.240 e. The van der Waals surface area contributed by atoms with Gasteiger partial charge in [0.05, 0.1) is 5.69 Å². The molecule has 25 heavy (non-hydrogen) atoms. The Balaban J connectivity index is 1.67. The number of rotatable bonds is 5. The highest BCUT2D eigenvalue weighted by Crippen LogP contribution is 2.30. The van der Waals surface area contributed by atoms with E-state index in [1.807, 2.05) is 17.5 Å². The number of alkyl halides is 3. The minimum atomic E-state index is -4.46. The molecule has 1 aromatic carbocycles. The van der Waals surface area contributed by atoms with Crippen LogP contribution in [0.4, 0.5) is 13.2 Å². The molecule has 8 heteroatoms. The standard InChI is InChI=1S/C17H14F3N3S2/c1-2-11-3-5-12(6-4-11)15-22-13(9-24-15)10-25-16-21-8-7-14(23-16)17(18,19)20/h3-9H,2,10H2,1H3. The Morgan fingerprint density at radius 2 is 1.84 bits per heavy atom. The lowest BCUT2D eigenvalue weighted by atomic mass is 10.1. The van der Waals surface area contributed by atoms with Crippen LogP contribution < -0.4 is 0 Å². The predicted molar refractivity (Wildman–Crippen MR) is 93.5 cm³/mol. The zero-order valence-corrected chi connectivity index (χ0v) is 14.9. The average molecular weight is 381 g/mol. The summed E-state index contributed by atoms with van der Waals surface area (Å²) in [5, 5.41) is 2.89. The maximum absolute atomic E-state index is 12.7. The summed E-state index contributed by atoms with van der Waals surface area (Å²) in [5.74, 6) is 0.421. The molecule has 3 aromatic rings. The molecule has 3 rings (SSSR count). The van der Waals surface area contributed by atoms with Crippen LogP contribution in [0.3, 0.4) is 0 Å². The summed E-state index contributed by atoms with van der Waals surface area (Å²) in [6.45, 7) is 2.10. The molecule has 0 bridgehead atoms. The van der Waals surface area contributed by atoms with Crippen LogP contribution in [0.1, 0.15) is 23.9 Å². The first-order valence-electron chi connectivity index (χ1n) is 7.52. The highest BCUT2D eigenvalue weighted by atomic mass is 32.2. The third-order valence-corrected chi connectivity index (χ3v) is 5.27. The van der Waals surface area contributed by atoms with Crippen LogP contribution in [0, 0.1) is 0 Å². The third-order valence-electron chi connectivity index (χ3n) is 3.43. The number of thiazole rings is 1. The van der Waals surface area contributed by atoms with Crippen molar-refractivity contribution in [3.05, 3.63) is 58.9 Å². The van der Waals surface area contributed by atoms with Gasteiger partial charge in [-0.2, -0.15) is 13.2 Å². The largest absolute Gasteiger partial charge is 0.433 e. The summed E-state index contributed by atoms with van der Waals surface area (Å²) in [5.41, 5.74) is 2.16. The molecule has 0 aliphatic rings. The highest BCUT2D eigenvalue weighted by Gasteiger charge is 2.32. The second-order valence-electron chi connectivity index (χ2n) is 5.21. The van der Waals surface area contributed by atoms with E-state index >= 15 is 0 Å². The molecular formula is C17H14F3N3S2. The molecule has 0 fully saturated rings. The molecular weight excluding hydrogens is 367 g/mol. The Morgan fingerprint density at radius 3 is 2.52 bits per heavy atom. The van der Waals surface area contributed by atoms with Crippen molar-refractivity contribution in [3.63, 3.8) is 0 Å². The van der Waals surface area contributed by atoms with Crippen molar-refractivity contribution in [1.29, 1.82) is 0 Å². The predicted octanol–water partition coefficient (Wildman–Crippen LogP) is 5.47. The summed E-state index contributed by atoms with van der Waals surface area (Å²) >= 11 is 2.65. The van der Waals surface area contributed by atoms with Crippen molar-refractivity contribution in [1.82, 2.24) is 15.0 Å². The topological polar surface area (TPSA) is 38.7 Å². The maximum atomic E-state index is 12.7. The summed E-state index contributed by atoms with van der Waals surface area (Å²) < 4.78 is 38.0. The lowest BCUT2D eigenvalue weighted by Crippen LogP contribution is -2.08. The van der Waals surface area contributed by atoms with Gasteiger partial charge in [-0.1, -0.05) is 43.0 Å². The van der Waals surface area contributed by atoms with Crippen LogP contribution in [0.15, 0.2) is 47.1 Å². The first-order valence-corrected chi connectivity index (χ1v) is 9.39. The van der Waals surface area contributed by atoms with Gasteiger partial charge in [0, 0.05) is 22.9 Å². The van der Waals surface area contributed by atoms with E-state index in [4.69, 9.17) is 0 Å². The molecule has 0 unspecified atom stereocenters. The first kappa shape index (κ1) is 17.9. The normalized spacial score (nSPS) is 11.7. The van der Waals surface area contributed by atoms with E-state index in [-0.39, 0.29) is 5.16 Å². The Kier molecular flexibility index (Phi) is 5.39. The van der Waals surface area contributed by atoms with Gasteiger partial charge in [0.1, 0.15) is 10.7 Å². The van der Waals surface area contributed by atoms with Gasteiger partial charge < -0.3 is 0 Å². The quantitative estimate of drug-likeness (QED) is 0.434. The molecule has 0 aliphatic carbocycles. The van der Waals surface area contributed by atoms with Gasteiger partial charge in [0.15, 0.2) is 5.16 Å². The summed E-state index contributed by atoms with van der Waals surface area (Å²) in [4.78, 5) is 12.0. The van der Waals surface area contributed by atoms with Gasteiger partial charge in [0.2, 0.25) is 0 Å². The van der Waals surface area contributed by atoms with Crippen LogP contribution in [0.5, 0.6) is 0 Å². The van der Waals surface area contributed by atoms with Gasteiger partial charge in [-0.3, -0.25) is 0 Å². The highest BCUT2D eigenvalue weighted by molar-refractivity contribution is 7.98. The molecule has 0 N–H and O–H groups in total. The molecule has 0 amide bonds. The van der Waals surface area contributed by atoms with E-state index in [9.17, 15) is 13.2 Å². The zero-order valence-electron chi connectivity index (χ0n) is 13.2. The Bertz CT molecular complexity index is 845. The molecule has 2 heterocycles. The molecule has 0 atom stereocenters. The van der Waals surface area contributed by atoms with E-state index in [2.05, 4.69) is 34.0 Å². The van der Waals surface area contributed by atoms with E-state index in [0.29, 0.717) is 5.75 Å². The smallest absolute Gasteiger partial charge is 0.240 e. The lowest BCUT2D eigenvalue weighted by molar-refractivity contribution is -0.141. The summed E-state index contributed by atoms with van der Waals surface area (Å²) in [6.07, 6.45) is -2.35. The minimum absolute atomic E-state index is 0.0941. The SMILES string of the molecule is CCc1ccc(-c2nc(CSc3nccc(C(F)(F)F)n3)cs2)cc1. The third kappa shape index (κ3) is 4.58. The molecule has 0 saturated heterocycles. The Morgan fingerprint density at radius 1 is 1.08 bits per heavy atom. The number of benzene rings is 1. The molecule has 2 aromatic heterocycles. The van der Waals surface area contributed by atoms with Crippen LogP contribution in [0.25, 0.3) is 10.6 Å². The molecule has 130 valence electrons. The Hall–Kier alpha value is -1.93. The molecule has 0 radical (unpaired) electrons. The van der Waals surface area contributed by atoms with Crippen molar-refractivity contribution in [2.45, 2.75) is 30.4 Å². The number of nitrogens with zero attached hydrogens (tertiary/aromatic N) is 3. The summed E-state index contributed by atoms with van der Waals surface area (Å²) in [6, 6.07) is 9.07. The van der Waals surface area contributed by atoms with Crippen molar-refractivity contribution in [3.8, 4) is 10.6 Å². The van der Waals surface area contributed by atoms with Crippen LogP contribution >= 0.6 is 23.1 Å². The van der Waals surface area contributed by atoms with E-state index < -0.39 is 11.9 Å². The first-order chi connectivity index (χ1) is 12.0. The second-order valence-corrected chi connectivity index (χ2v) is 7.01.